The van der Waals surface area contributed by atoms with Crippen molar-refractivity contribution in [1.29, 1.82) is 0 Å². The first-order valence-electron chi connectivity index (χ1n) is 10.5. The molecule has 1 aliphatic rings. The average molecular weight is 431 g/mol. The van der Waals surface area contributed by atoms with E-state index in [1.165, 1.54) is 0 Å². The molecule has 0 saturated heterocycles. The number of amidine groups is 1. The number of carbonyl (C=O) groups is 1. The number of rotatable bonds is 7. The van der Waals surface area contributed by atoms with Gasteiger partial charge in [0.15, 0.2) is 0 Å². The van der Waals surface area contributed by atoms with Crippen molar-refractivity contribution < 1.29 is 4.79 Å². The molecule has 1 amide bonds. The number of nitrogens with two attached hydrogens (primary N) is 2. The number of nitrogens with zero attached hydrogens (tertiary/aromatic N) is 5. The molecule has 0 fully saturated rings. The van der Waals surface area contributed by atoms with Crippen molar-refractivity contribution in [2.24, 2.45) is 16.5 Å². The third kappa shape index (κ3) is 4.73. The van der Waals surface area contributed by atoms with Crippen LogP contribution in [0.3, 0.4) is 0 Å². The SMILES string of the molecule is CCCN(Cc1cn[nH]c1)C(=O)C1=Cc2ccc(-c3cnc(CN)nc3)cc2N=C(N)C1. The topological polar surface area (TPSA) is 139 Å². The summed E-state index contributed by atoms with van der Waals surface area (Å²) < 4.78 is 0. The van der Waals surface area contributed by atoms with Crippen molar-refractivity contribution in [3.8, 4) is 11.1 Å². The third-order valence-corrected chi connectivity index (χ3v) is 5.20. The Kier molecular flexibility index (Phi) is 6.37. The maximum atomic E-state index is 13.4. The molecule has 0 atom stereocenters. The zero-order chi connectivity index (χ0) is 22.5. The number of hydrogen-bond acceptors (Lipinski definition) is 7. The number of aliphatic imine (C=N–C) groups is 1. The van der Waals surface area contributed by atoms with Gasteiger partial charge in [-0.1, -0.05) is 19.1 Å². The minimum atomic E-state index is -0.0473. The highest BCUT2D eigenvalue weighted by Gasteiger charge is 2.22. The van der Waals surface area contributed by atoms with Crippen LogP contribution in [-0.2, 0) is 17.9 Å². The number of nitrogens with one attached hydrogen (secondary N) is 1. The summed E-state index contributed by atoms with van der Waals surface area (Å²) in [5, 5.41) is 6.77. The number of carbonyl (C=O) groups excluding carboxylic acids is 1. The molecule has 0 saturated carbocycles. The minimum absolute atomic E-state index is 0.0473. The highest BCUT2D eigenvalue weighted by atomic mass is 16.2. The van der Waals surface area contributed by atoms with E-state index < -0.39 is 0 Å². The van der Waals surface area contributed by atoms with Crippen LogP contribution in [0.4, 0.5) is 5.69 Å². The lowest BCUT2D eigenvalue weighted by Gasteiger charge is -2.23. The van der Waals surface area contributed by atoms with Crippen LogP contribution in [-0.4, -0.2) is 43.4 Å². The van der Waals surface area contributed by atoms with Gasteiger partial charge in [-0.25, -0.2) is 15.0 Å². The number of hydrogen-bond donors (Lipinski definition) is 3. The maximum absolute atomic E-state index is 13.4. The average Bonchev–Trinajstić information content (AvgIpc) is 3.25. The second kappa shape index (κ2) is 9.52. The molecular formula is C23H26N8O. The highest BCUT2D eigenvalue weighted by Crippen LogP contribution is 2.31. The molecule has 0 spiro atoms. The summed E-state index contributed by atoms with van der Waals surface area (Å²) in [6.45, 7) is 3.47. The predicted octanol–water partition coefficient (Wildman–Crippen LogP) is 2.54. The fourth-order valence-corrected chi connectivity index (χ4v) is 3.63. The second-order valence-corrected chi connectivity index (χ2v) is 7.65. The van der Waals surface area contributed by atoms with Crippen LogP contribution < -0.4 is 11.5 Å². The van der Waals surface area contributed by atoms with Crippen LogP contribution in [0.5, 0.6) is 0 Å². The fraction of sp³-hybridized carbons (Fsp3) is 0.261. The van der Waals surface area contributed by atoms with E-state index in [9.17, 15) is 4.79 Å². The van der Waals surface area contributed by atoms with Crippen LogP contribution in [0.2, 0.25) is 0 Å². The molecule has 0 bridgehead atoms. The summed E-state index contributed by atoms with van der Waals surface area (Å²) in [7, 11) is 0. The van der Waals surface area contributed by atoms with Gasteiger partial charge in [0.2, 0.25) is 0 Å². The van der Waals surface area contributed by atoms with E-state index in [-0.39, 0.29) is 5.91 Å². The number of benzene rings is 1. The summed E-state index contributed by atoms with van der Waals surface area (Å²) in [4.78, 5) is 28.3. The molecule has 0 radical (unpaired) electrons. The molecule has 3 aromatic rings. The van der Waals surface area contributed by atoms with Crippen molar-refractivity contribution in [2.75, 3.05) is 6.54 Å². The second-order valence-electron chi connectivity index (χ2n) is 7.65. The van der Waals surface area contributed by atoms with E-state index in [4.69, 9.17) is 11.5 Å². The number of amides is 1. The van der Waals surface area contributed by atoms with Crippen LogP contribution in [0.1, 0.15) is 36.7 Å². The van der Waals surface area contributed by atoms with Gasteiger partial charge in [-0.05, 0) is 24.1 Å². The van der Waals surface area contributed by atoms with E-state index in [1.54, 1.807) is 24.8 Å². The molecular weight excluding hydrogens is 404 g/mol. The molecule has 9 heteroatoms. The Morgan fingerprint density at radius 1 is 1.19 bits per heavy atom. The summed E-state index contributed by atoms with van der Waals surface area (Å²) in [5.41, 5.74) is 16.7. The van der Waals surface area contributed by atoms with Gasteiger partial charge in [0.1, 0.15) is 11.7 Å². The van der Waals surface area contributed by atoms with Gasteiger partial charge in [0.25, 0.3) is 5.91 Å². The van der Waals surface area contributed by atoms with Crippen LogP contribution in [0, 0.1) is 0 Å². The highest BCUT2D eigenvalue weighted by molar-refractivity contribution is 6.05. The summed E-state index contributed by atoms with van der Waals surface area (Å²) >= 11 is 0. The number of aromatic amines is 1. The Balaban J connectivity index is 1.64. The van der Waals surface area contributed by atoms with Gasteiger partial charge >= 0.3 is 0 Å². The normalized spacial score (nSPS) is 13.1. The summed E-state index contributed by atoms with van der Waals surface area (Å²) in [6, 6.07) is 5.84. The summed E-state index contributed by atoms with van der Waals surface area (Å²) in [6.07, 6.45) is 10.0. The Hall–Kier alpha value is -3.85. The Labute approximate surface area is 186 Å². The van der Waals surface area contributed by atoms with E-state index in [0.717, 1.165) is 28.7 Å². The lowest BCUT2D eigenvalue weighted by Crippen LogP contribution is -2.33. The number of fused-ring (bicyclic) bond motifs is 1. The van der Waals surface area contributed by atoms with Crippen LogP contribution in [0.25, 0.3) is 17.2 Å². The first kappa shape index (κ1) is 21.4. The Morgan fingerprint density at radius 3 is 2.69 bits per heavy atom. The smallest absolute Gasteiger partial charge is 0.250 e. The van der Waals surface area contributed by atoms with Gasteiger partial charge in [0, 0.05) is 60.4 Å². The molecule has 1 aromatic carbocycles. The largest absolute Gasteiger partial charge is 0.387 e. The van der Waals surface area contributed by atoms with Crippen molar-refractivity contribution in [2.45, 2.75) is 32.9 Å². The quantitative estimate of drug-likeness (QED) is 0.526. The monoisotopic (exact) mass is 430 g/mol. The molecule has 0 unspecified atom stereocenters. The first-order valence-corrected chi connectivity index (χ1v) is 10.5. The molecule has 0 aliphatic carbocycles. The van der Waals surface area contributed by atoms with Gasteiger partial charge in [-0.3, -0.25) is 9.89 Å². The number of H-pyrrole nitrogens is 1. The standard InChI is InChI=1S/C23H26N8O/c1-2-5-31(14-15-10-28-29-11-15)23(32)18-6-17-4-3-16(7-20(17)30-21(25)8-18)19-12-26-22(9-24)27-13-19/h3-4,6-7,10-13H,2,5,8-9,14,24H2,1H3,(H2,25,30)(H,28,29). The van der Waals surface area contributed by atoms with E-state index in [1.807, 2.05) is 36.1 Å². The summed E-state index contributed by atoms with van der Waals surface area (Å²) in [5.74, 6) is 0.938. The molecule has 5 N–H and O–H groups in total. The minimum Gasteiger partial charge on any atom is -0.387 e. The van der Waals surface area contributed by atoms with E-state index in [0.29, 0.717) is 49.0 Å². The first-order chi connectivity index (χ1) is 15.6. The number of aromatic nitrogens is 4. The zero-order valence-corrected chi connectivity index (χ0v) is 18.0. The molecule has 164 valence electrons. The van der Waals surface area contributed by atoms with Gasteiger partial charge in [0.05, 0.1) is 18.4 Å². The molecule has 32 heavy (non-hydrogen) atoms. The molecule has 4 rings (SSSR count). The lowest BCUT2D eigenvalue weighted by molar-refractivity contribution is -0.127. The van der Waals surface area contributed by atoms with Crippen molar-refractivity contribution in [3.63, 3.8) is 0 Å². The predicted molar refractivity (Wildman–Crippen MR) is 124 cm³/mol. The van der Waals surface area contributed by atoms with Crippen molar-refractivity contribution in [1.82, 2.24) is 25.1 Å². The Morgan fingerprint density at radius 2 is 2.00 bits per heavy atom. The van der Waals surface area contributed by atoms with Crippen LogP contribution in [0.15, 0.2) is 53.6 Å². The van der Waals surface area contributed by atoms with E-state index >= 15 is 0 Å². The molecule has 9 nitrogen and oxygen atoms in total. The van der Waals surface area contributed by atoms with Gasteiger partial charge < -0.3 is 16.4 Å². The fourth-order valence-electron chi connectivity index (χ4n) is 3.63. The van der Waals surface area contributed by atoms with Crippen molar-refractivity contribution >= 4 is 23.5 Å². The molecule has 2 aromatic heterocycles. The zero-order valence-electron chi connectivity index (χ0n) is 18.0. The third-order valence-electron chi connectivity index (χ3n) is 5.20. The molecule has 1 aliphatic heterocycles. The Bertz CT molecular complexity index is 1150. The van der Waals surface area contributed by atoms with Crippen LogP contribution >= 0.6 is 0 Å². The lowest BCUT2D eigenvalue weighted by atomic mass is 10.0. The maximum Gasteiger partial charge on any atom is 0.250 e. The van der Waals surface area contributed by atoms with Gasteiger partial charge in [-0.2, -0.15) is 5.10 Å². The van der Waals surface area contributed by atoms with Gasteiger partial charge in [-0.15, -0.1) is 0 Å². The van der Waals surface area contributed by atoms with Crippen molar-refractivity contribution in [3.05, 3.63) is 65.5 Å². The molecule has 3 heterocycles. The van der Waals surface area contributed by atoms with E-state index in [2.05, 4.69) is 25.2 Å².